The van der Waals surface area contributed by atoms with Gasteiger partial charge in [0, 0.05) is 5.56 Å². The number of benzene rings is 2. The van der Waals surface area contributed by atoms with Crippen LogP contribution in [0.2, 0.25) is 0 Å². The van der Waals surface area contributed by atoms with E-state index < -0.39 is 0 Å². The van der Waals surface area contributed by atoms with Crippen molar-refractivity contribution in [2.24, 2.45) is 0 Å². The third-order valence-corrected chi connectivity index (χ3v) is 4.45. The SMILES string of the molecule is C[C@@H](Sc1nnnn1Cc1ccccc1)C(=O)c1ccccc1. The monoisotopic (exact) mass is 324 g/mol. The molecule has 3 aromatic rings. The Labute approximate surface area is 138 Å². The van der Waals surface area contributed by atoms with Gasteiger partial charge in [-0.15, -0.1) is 5.10 Å². The summed E-state index contributed by atoms with van der Waals surface area (Å²) in [4.78, 5) is 12.4. The first-order chi connectivity index (χ1) is 11.2. The van der Waals surface area contributed by atoms with Gasteiger partial charge in [0.15, 0.2) is 5.78 Å². The molecule has 0 spiro atoms. The maximum atomic E-state index is 12.4. The van der Waals surface area contributed by atoms with Gasteiger partial charge in [-0.25, -0.2) is 4.68 Å². The van der Waals surface area contributed by atoms with E-state index in [-0.39, 0.29) is 11.0 Å². The molecular formula is C17H16N4OS. The number of carbonyl (C=O) groups excluding carboxylic acids is 1. The van der Waals surface area contributed by atoms with E-state index >= 15 is 0 Å². The molecule has 1 atom stereocenters. The van der Waals surface area contributed by atoms with E-state index in [0.29, 0.717) is 17.3 Å². The Bertz CT molecular complexity index is 774. The van der Waals surface area contributed by atoms with Gasteiger partial charge in [0.25, 0.3) is 0 Å². The van der Waals surface area contributed by atoms with Crippen molar-refractivity contribution in [1.29, 1.82) is 0 Å². The summed E-state index contributed by atoms with van der Waals surface area (Å²) in [5, 5.41) is 12.2. The molecule has 0 aliphatic heterocycles. The van der Waals surface area contributed by atoms with Gasteiger partial charge < -0.3 is 0 Å². The van der Waals surface area contributed by atoms with Crippen LogP contribution in [0, 0.1) is 0 Å². The molecule has 23 heavy (non-hydrogen) atoms. The normalized spacial score (nSPS) is 12.0. The number of nitrogens with zero attached hydrogens (tertiary/aromatic N) is 4. The highest BCUT2D eigenvalue weighted by Gasteiger charge is 2.19. The molecule has 2 aromatic carbocycles. The van der Waals surface area contributed by atoms with E-state index in [9.17, 15) is 4.79 Å². The van der Waals surface area contributed by atoms with Crippen LogP contribution in [0.1, 0.15) is 22.8 Å². The van der Waals surface area contributed by atoms with Crippen molar-refractivity contribution >= 4 is 17.5 Å². The van der Waals surface area contributed by atoms with Crippen molar-refractivity contribution in [1.82, 2.24) is 20.2 Å². The first-order valence-corrected chi connectivity index (χ1v) is 8.18. The number of thioether (sulfide) groups is 1. The Morgan fingerprint density at radius 3 is 2.43 bits per heavy atom. The van der Waals surface area contributed by atoms with Crippen LogP contribution < -0.4 is 0 Å². The Hall–Kier alpha value is -2.47. The van der Waals surface area contributed by atoms with Crippen molar-refractivity contribution in [2.45, 2.75) is 23.9 Å². The fourth-order valence-electron chi connectivity index (χ4n) is 2.19. The van der Waals surface area contributed by atoms with Crippen LogP contribution in [-0.2, 0) is 6.54 Å². The van der Waals surface area contributed by atoms with Gasteiger partial charge in [-0.3, -0.25) is 4.79 Å². The molecule has 0 radical (unpaired) electrons. The number of carbonyl (C=O) groups is 1. The first kappa shape index (κ1) is 15.4. The number of rotatable bonds is 6. The number of ketones is 1. The molecule has 1 heterocycles. The summed E-state index contributed by atoms with van der Waals surface area (Å²) in [6, 6.07) is 19.3. The molecule has 0 saturated heterocycles. The first-order valence-electron chi connectivity index (χ1n) is 7.30. The van der Waals surface area contributed by atoms with Gasteiger partial charge in [0.05, 0.1) is 11.8 Å². The molecule has 0 bridgehead atoms. The second kappa shape index (κ2) is 7.19. The van der Waals surface area contributed by atoms with E-state index in [1.165, 1.54) is 11.8 Å². The fraction of sp³-hybridized carbons (Fsp3) is 0.176. The molecule has 0 aliphatic rings. The maximum Gasteiger partial charge on any atom is 0.210 e. The van der Waals surface area contributed by atoms with Crippen LogP contribution in [0.3, 0.4) is 0 Å². The highest BCUT2D eigenvalue weighted by atomic mass is 32.2. The molecule has 116 valence electrons. The van der Waals surface area contributed by atoms with E-state index in [0.717, 1.165) is 5.56 Å². The average molecular weight is 324 g/mol. The number of tetrazole rings is 1. The van der Waals surface area contributed by atoms with Crippen LogP contribution in [0.5, 0.6) is 0 Å². The summed E-state index contributed by atoms with van der Waals surface area (Å²) < 4.78 is 1.72. The lowest BCUT2D eigenvalue weighted by atomic mass is 10.1. The standard InChI is InChI=1S/C17H16N4OS/c1-13(16(22)15-10-6-3-7-11-15)23-17-18-19-20-21(17)12-14-8-4-2-5-9-14/h2-11,13H,12H2,1H3/t13-/m1/s1. The zero-order valence-electron chi connectivity index (χ0n) is 12.7. The van der Waals surface area contributed by atoms with Gasteiger partial charge in [-0.2, -0.15) is 0 Å². The van der Waals surface area contributed by atoms with E-state index in [1.807, 2.05) is 67.6 Å². The number of Topliss-reactive ketones (excluding diaryl/α,β-unsaturated/α-hetero) is 1. The summed E-state index contributed by atoms with van der Waals surface area (Å²) in [5.74, 6) is 0.0739. The molecule has 3 rings (SSSR count). The Kier molecular flexibility index (Phi) is 4.83. The highest BCUT2D eigenvalue weighted by Crippen LogP contribution is 2.23. The molecule has 5 nitrogen and oxygen atoms in total. The molecule has 0 unspecified atom stereocenters. The fourth-order valence-corrected chi connectivity index (χ4v) is 3.05. The maximum absolute atomic E-state index is 12.4. The second-order valence-corrected chi connectivity index (χ2v) is 6.40. The molecule has 0 saturated carbocycles. The van der Waals surface area contributed by atoms with E-state index in [1.54, 1.807) is 4.68 Å². The molecular weight excluding hydrogens is 308 g/mol. The second-order valence-electron chi connectivity index (χ2n) is 5.10. The zero-order chi connectivity index (χ0) is 16.1. The average Bonchev–Trinajstić information content (AvgIpc) is 3.02. The van der Waals surface area contributed by atoms with Crippen molar-refractivity contribution in [3.8, 4) is 0 Å². The largest absolute Gasteiger partial charge is 0.293 e. The third-order valence-electron chi connectivity index (χ3n) is 3.38. The smallest absolute Gasteiger partial charge is 0.210 e. The predicted octanol–water partition coefficient (Wildman–Crippen LogP) is 3.08. The minimum Gasteiger partial charge on any atom is -0.293 e. The lowest BCUT2D eigenvalue weighted by molar-refractivity contribution is 0.0994. The van der Waals surface area contributed by atoms with Crippen LogP contribution in [0.4, 0.5) is 0 Å². The highest BCUT2D eigenvalue weighted by molar-refractivity contribution is 8.00. The summed E-state index contributed by atoms with van der Waals surface area (Å²) in [6.07, 6.45) is 0. The number of hydrogen-bond donors (Lipinski definition) is 0. The molecule has 0 N–H and O–H groups in total. The zero-order valence-corrected chi connectivity index (χ0v) is 13.5. The summed E-state index contributed by atoms with van der Waals surface area (Å²) >= 11 is 1.38. The van der Waals surface area contributed by atoms with E-state index in [4.69, 9.17) is 0 Å². The third kappa shape index (κ3) is 3.84. The van der Waals surface area contributed by atoms with Crippen molar-refractivity contribution in [3.05, 3.63) is 71.8 Å². The van der Waals surface area contributed by atoms with Crippen molar-refractivity contribution < 1.29 is 4.79 Å². The minimum atomic E-state index is -0.252. The van der Waals surface area contributed by atoms with Crippen LogP contribution in [0.25, 0.3) is 0 Å². The Morgan fingerprint density at radius 2 is 1.74 bits per heavy atom. The summed E-state index contributed by atoms with van der Waals surface area (Å²) in [7, 11) is 0. The molecule has 6 heteroatoms. The van der Waals surface area contributed by atoms with Crippen molar-refractivity contribution in [3.63, 3.8) is 0 Å². The van der Waals surface area contributed by atoms with Crippen molar-refractivity contribution in [2.75, 3.05) is 0 Å². The van der Waals surface area contributed by atoms with E-state index in [2.05, 4.69) is 15.5 Å². The van der Waals surface area contributed by atoms with Gasteiger partial charge >= 0.3 is 0 Å². The van der Waals surface area contributed by atoms with Crippen LogP contribution >= 0.6 is 11.8 Å². The lowest BCUT2D eigenvalue weighted by Crippen LogP contribution is -2.15. The number of aromatic nitrogens is 4. The van der Waals surface area contributed by atoms with Gasteiger partial charge in [-0.05, 0) is 22.9 Å². The van der Waals surface area contributed by atoms with Gasteiger partial charge in [0.2, 0.25) is 5.16 Å². The quantitative estimate of drug-likeness (QED) is 0.515. The number of hydrogen-bond acceptors (Lipinski definition) is 5. The topological polar surface area (TPSA) is 60.7 Å². The van der Waals surface area contributed by atoms with Gasteiger partial charge in [-0.1, -0.05) is 72.4 Å². The molecule has 0 aliphatic carbocycles. The van der Waals surface area contributed by atoms with Crippen LogP contribution in [0.15, 0.2) is 65.8 Å². The minimum absolute atomic E-state index is 0.0739. The molecule has 0 amide bonds. The lowest BCUT2D eigenvalue weighted by Gasteiger charge is -2.10. The van der Waals surface area contributed by atoms with Crippen LogP contribution in [-0.4, -0.2) is 31.2 Å². The van der Waals surface area contributed by atoms with Gasteiger partial charge in [0.1, 0.15) is 0 Å². The predicted molar refractivity (Wildman–Crippen MR) is 89.5 cm³/mol. The Balaban J connectivity index is 1.71. The Morgan fingerprint density at radius 1 is 1.09 bits per heavy atom. The summed E-state index contributed by atoms with van der Waals surface area (Å²) in [6.45, 7) is 2.46. The molecule has 0 fully saturated rings. The molecule has 1 aromatic heterocycles. The summed E-state index contributed by atoms with van der Waals surface area (Å²) in [5.41, 5.74) is 1.82.